The van der Waals surface area contributed by atoms with Gasteiger partial charge < -0.3 is 10.5 Å². The number of anilines is 1. The number of hydrogen-bond acceptors (Lipinski definition) is 4. The first kappa shape index (κ1) is 13.7. The van der Waals surface area contributed by atoms with Crippen molar-refractivity contribution >= 4 is 17.4 Å². The van der Waals surface area contributed by atoms with Gasteiger partial charge in [-0.1, -0.05) is 0 Å². The van der Waals surface area contributed by atoms with E-state index in [1.807, 2.05) is 6.07 Å². The summed E-state index contributed by atoms with van der Waals surface area (Å²) in [5.41, 5.74) is 5.35. The van der Waals surface area contributed by atoms with E-state index in [9.17, 15) is 8.78 Å². The number of hydrogen-bond donors (Lipinski definition) is 1. The molecule has 1 rings (SSSR count). The minimum Gasteiger partial charge on any atom is -0.399 e. The van der Waals surface area contributed by atoms with Crippen LogP contribution >= 0.6 is 11.8 Å². The molecule has 2 N–H and O–H groups in total. The van der Waals surface area contributed by atoms with Crippen molar-refractivity contribution in [2.24, 2.45) is 0 Å². The number of thioether (sulfide) groups is 1. The van der Waals surface area contributed by atoms with Crippen molar-refractivity contribution in [1.82, 2.24) is 0 Å². The van der Waals surface area contributed by atoms with Crippen LogP contribution in [0.3, 0.4) is 0 Å². The first-order chi connectivity index (χ1) is 8.04. The molecule has 0 bridgehead atoms. The van der Waals surface area contributed by atoms with Crippen molar-refractivity contribution in [2.75, 3.05) is 18.1 Å². The maximum atomic E-state index is 13.3. The van der Waals surface area contributed by atoms with Crippen molar-refractivity contribution in [3.05, 3.63) is 23.8 Å². The molecule has 1 aromatic rings. The van der Waals surface area contributed by atoms with Gasteiger partial charge >= 0.3 is 0 Å². The van der Waals surface area contributed by atoms with Gasteiger partial charge in [0.1, 0.15) is 17.7 Å². The Labute approximate surface area is 103 Å². The van der Waals surface area contributed by atoms with Gasteiger partial charge in [-0.2, -0.15) is 5.26 Å². The van der Waals surface area contributed by atoms with Crippen LogP contribution in [0.2, 0.25) is 0 Å². The van der Waals surface area contributed by atoms with Crippen LogP contribution in [0.1, 0.15) is 6.92 Å². The van der Waals surface area contributed by atoms with E-state index in [2.05, 4.69) is 0 Å². The lowest BCUT2D eigenvalue weighted by Crippen LogP contribution is -2.07. The number of halogens is 2. The third-order valence-corrected chi connectivity index (χ3v) is 2.95. The highest BCUT2D eigenvalue weighted by molar-refractivity contribution is 7.99. The second kappa shape index (κ2) is 6.42. The molecule has 1 aromatic carbocycles. The van der Waals surface area contributed by atoms with E-state index in [0.717, 1.165) is 23.9 Å². The van der Waals surface area contributed by atoms with Gasteiger partial charge in [-0.05, 0) is 19.1 Å². The molecular formula is C11H12F2N2OS. The number of nitrogens with two attached hydrogens (primary N) is 1. The summed E-state index contributed by atoms with van der Waals surface area (Å²) in [5, 5.41) is 8.45. The molecule has 1 unspecified atom stereocenters. The fourth-order valence-corrected chi connectivity index (χ4v) is 1.90. The van der Waals surface area contributed by atoms with Crippen molar-refractivity contribution < 1.29 is 13.5 Å². The van der Waals surface area contributed by atoms with Crippen LogP contribution in [-0.2, 0) is 4.74 Å². The molecule has 0 aromatic heterocycles. The highest BCUT2D eigenvalue weighted by Crippen LogP contribution is 2.27. The van der Waals surface area contributed by atoms with Gasteiger partial charge in [0.15, 0.2) is 0 Å². The van der Waals surface area contributed by atoms with Crippen LogP contribution in [0.25, 0.3) is 0 Å². The highest BCUT2D eigenvalue weighted by Gasteiger charge is 2.10. The second-order valence-corrected chi connectivity index (χ2v) is 4.41. The predicted molar refractivity (Wildman–Crippen MR) is 62.5 cm³/mol. The van der Waals surface area contributed by atoms with Crippen molar-refractivity contribution in [3.8, 4) is 6.07 Å². The number of ether oxygens (including phenoxy) is 1. The summed E-state index contributed by atoms with van der Waals surface area (Å²) in [7, 11) is 0. The third-order valence-electron chi connectivity index (χ3n) is 1.90. The smallest absolute Gasteiger partial charge is 0.141 e. The summed E-state index contributed by atoms with van der Waals surface area (Å²) in [5.74, 6) is -0.995. The first-order valence-electron chi connectivity index (χ1n) is 4.93. The van der Waals surface area contributed by atoms with Gasteiger partial charge in [0.05, 0.1) is 17.6 Å². The Morgan fingerprint density at radius 3 is 2.59 bits per heavy atom. The van der Waals surface area contributed by atoms with Crippen LogP contribution in [0, 0.1) is 23.0 Å². The van der Waals surface area contributed by atoms with E-state index in [0.29, 0.717) is 5.75 Å². The molecule has 92 valence electrons. The summed E-state index contributed by atoms with van der Waals surface area (Å²) in [6, 6.07) is 4.04. The van der Waals surface area contributed by atoms with Gasteiger partial charge in [0.25, 0.3) is 0 Å². The Hall–Kier alpha value is -1.32. The van der Waals surface area contributed by atoms with E-state index in [-0.39, 0.29) is 17.2 Å². The molecule has 3 nitrogen and oxygen atoms in total. The number of rotatable bonds is 5. The molecule has 0 saturated heterocycles. The Morgan fingerprint density at radius 1 is 1.47 bits per heavy atom. The molecule has 0 aliphatic rings. The minimum absolute atomic E-state index is 0.0544. The summed E-state index contributed by atoms with van der Waals surface area (Å²) in [4.78, 5) is -0.0765. The molecule has 6 heteroatoms. The first-order valence-corrected chi connectivity index (χ1v) is 5.91. The molecule has 17 heavy (non-hydrogen) atoms. The van der Waals surface area contributed by atoms with E-state index in [4.69, 9.17) is 15.7 Å². The van der Waals surface area contributed by atoms with Crippen molar-refractivity contribution in [2.45, 2.75) is 17.9 Å². The fraction of sp³-hybridized carbons (Fsp3) is 0.364. The molecule has 0 aliphatic heterocycles. The molecule has 0 fully saturated rings. The zero-order chi connectivity index (χ0) is 12.8. The van der Waals surface area contributed by atoms with E-state index < -0.39 is 17.7 Å². The molecule has 0 radical (unpaired) electrons. The van der Waals surface area contributed by atoms with E-state index in [1.165, 1.54) is 0 Å². The monoisotopic (exact) mass is 258 g/mol. The summed E-state index contributed by atoms with van der Waals surface area (Å²) in [6.07, 6.45) is -0.517. The van der Waals surface area contributed by atoms with Crippen LogP contribution in [0.15, 0.2) is 17.0 Å². The number of nitrogens with zero attached hydrogens (tertiary/aromatic N) is 1. The van der Waals surface area contributed by atoms with Crippen LogP contribution in [-0.4, -0.2) is 18.5 Å². The van der Waals surface area contributed by atoms with E-state index >= 15 is 0 Å². The van der Waals surface area contributed by atoms with Crippen molar-refractivity contribution in [1.29, 1.82) is 5.26 Å². The molecule has 0 spiro atoms. The average molecular weight is 258 g/mol. The Balaban J connectivity index is 2.50. The Kier molecular flexibility index (Phi) is 5.19. The highest BCUT2D eigenvalue weighted by atomic mass is 32.2. The van der Waals surface area contributed by atoms with Crippen LogP contribution in [0.4, 0.5) is 14.5 Å². The maximum absolute atomic E-state index is 13.3. The minimum atomic E-state index is -0.680. The summed E-state index contributed by atoms with van der Waals surface area (Å²) in [6.45, 7) is 1.86. The zero-order valence-corrected chi connectivity index (χ0v) is 10.1. The van der Waals surface area contributed by atoms with E-state index in [1.54, 1.807) is 6.92 Å². The third kappa shape index (κ3) is 4.21. The average Bonchev–Trinajstić information content (AvgIpc) is 2.26. The quantitative estimate of drug-likeness (QED) is 0.501. The number of benzene rings is 1. The lowest BCUT2D eigenvalue weighted by Gasteiger charge is -2.07. The number of nitrogen functional groups attached to an aromatic ring is 1. The lowest BCUT2D eigenvalue weighted by molar-refractivity contribution is 0.117. The number of nitriles is 1. The van der Waals surface area contributed by atoms with Crippen LogP contribution in [0.5, 0.6) is 0 Å². The van der Waals surface area contributed by atoms with Gasteiger partial charge in [0, 0.05) is 11.4 Å². The molecule has 0 saturated carbocycles. The second-order valence-electron chi connectivity index (χ2n) is 3.30. The zero-order valence-electron chi connectivity index (χ0n) is 9.24. The molecule has 0 aliphatic carbocycles. The predicted octanol–water partition coefficient (Wildman–Crippen LogP) is 2.57. The molecule has 0 amide bonds. The standard InChI is InChI=1S/C11H12F2N2OS/c1-7(6-14)16-2-3-17-11-9(12)4-8(15)5-10(11)13/h4-5,7H,2-3,15H2,1H3. The maximum Gasteiger partial charge on any atom is 0.141 e. The topological polar surface area (TPSA) is 59.0 Å². The molecule has 1 atom stereocenters. The normalized spacial score (nSPS) is 12.1. The fourth-order valence-electron chi connectivity index (χ4n) is 1.12. The van der Waals surface area contributed by atoms with Gasteiger partial charge in [-0.25, -0.2) is 8.78 Å². The Morgan fingerprint density at radius 2 is 2.06 bits per heavy atom. The van der Waals surface area contributed by atoms with Crippen molar-refractivity contribution in [3.63, 3.8) is 0 Å². The SMILES string of the molecule is CC(C#N)OCCSc1c(F)cc(N)cc1F. The van der Waals surface area contributed by atoms with Crippen LogP contribution < -0.4 is 5.73 Å². The summed E-state index contributed by atoms with van der Waals surface area (Å²) >= 11 is 0.995. The Bertz CT molecular complexity index is 411. The summed E-state index contributed by atoms with van der Waals surface area (Å²) < 4.78 is 31.7. The molecule has 0 heterocycles. The van der Waals surface area contributed by atoms with Gasteiger partial charge in [-0.3, -0.25) is 0 Å². The lowest BCUT2D eigenvalue weighted by atomic mass is 10.3. The largest absolute Gasteiger partial charge is 0.399 e. The molecular weight excluding hydrogens is 246 g/mol. The van der Waals surface area contributed by atoms with Gasteiger partial charge in [0.2, 0.25) is 0 Å². The van der Waals surface area contributed by atoms with Gasteiger partial charge in [-0.15, -0.1) is 11.8 Å².